The Kier molecular flexibility index (Phi) is 3.84. The lowest BCUT2D eigenvalue weighted by atomic mass is 10.1. The first-order valence-corrected chi connectivity index (χ1v) is 8.26. The van der Waals surface area contributed by atoms with Crippen LogP contribution in [0.25, 0.3) is 0 Å². The number of carbonyl (C=O) groups excluding carboxylic acids is 1. The second-order valence-electron chi connectivity index (χ2n) is 6.59. The number of halogens is 1. The minimum Gasteiger partial charge on any atom is -0.370 e. The zero-order chi connectivity index (χ0) is 16.7. The molecule has 1 saturated heterocycles. The third-order valence-corrected chi connectivity index (χ3v) is 4.88. The van der Waals surface area contributed by atoms with Crippen molar-refractivity contribution in [3.05, 3.63) is 53.6 Å². The van der Waals surface area contributed by atoms with Crippen molar-refractivity contribution in [2.75, 3.05) is 19.7 Å². The van der Waals surface area contributed by atoms with E-state index in [9.17, 15) is 9.18 Å². The first-order valence-electron chi connectivity index (χ1n) is 8.26. The maximum absolute atomic E-state index is 13.1. The van der Waals surface area contributed by atoms with Crippen LogP contribution in [0.1, 0.15) is 29.6 Å². The zero-order valence-corrected chi connectivity index (χ0v) is 13.6. The Morgan fingerprint density at radius 1 is 1.29 bits per heavy atom. The number of hydrogen-bond acceptors (Lipinski definition) is 3. The molecule has 0 spiro atoms. The molecule has 2 fully saturated rings. The number of aryl methyl sites for hydroxylation is 1. The number of amides is 1. The number of hydrogen-bond donors (Lipinski definition) is 0. The summed E-state index contributed by atoms with van der Waals surface area (Å²) in [4.78, 5) is 14.7. The zero-order valence-electron chi connectivity index (χ0n) is 13.6. The standard InChI is InChI=1S/C18H20FN3O2/c1-21-10-13(9-20-21)15-8-16(15)18(23)22-6-7-24-17(11-22)12-2-4-14(19)5-3-12/h2-5,9-10,15-17H,6-8,11H2,1H3/t15-,16-,17+/m0/s1. The first-order chi connectivity index (χ1) is 11.6. The number of morpholine rings is 1. The van der Waals surface area contributed by atoms with E-state index < -0.39 is 0 Å². The number of benzene rings is 1. The minimum atomic E-state index is -0.264. The fourth-order valence-corrected chi connectivity index (χ4v) is 3.43. The van der Waals surface area contributed by atoms with Gasteiger partial charge in [-0.15, -0.1) is 0 Å². The highest BCUT2D eigenvalue weighted by atomic mass is 19.1. The molecule has 2 aromatic rings. The highest BCUT2D eigenvalue weighted by molar-refractivity contribution is 5.83. The van der Waals surface area contributed by atoms with Crippen LogP contribution in [-0.2, 0) is 16.6 Å². The van der Waals surface area contributed by atoms with Crippen molar-refractivity contribution in [2.24, 2.45) is 13.0 Å². The molecule has 1 aromatic heterocycles. The molecule has 1 aliphatic carbocycles. The average Bonchev–Trinajstić information content (AvgIpc) is 3.29. The van der Waals surface area contributed by atoms with Gasteiger partial charge in [0.05, 0.1) is 19.3 Å². The number of aromatic nitrogens is 2. The Morgan fingerprint density at radius 2 is 2.08 bits per heavy atom. The van der Waals surface area contributed by atoms with Crippen LogP contribution in [0.3, 0.4) is 0 Å². The maximum Gasteiger partial charge on any atom is 0.226 e. The van der Waals surface area contributed by atoms with Crippen LogP contribution < -0.4 is 0 Å². The van der Waals surface area contributed by atoms with Gasteiger partial charge < -0.3 is 9.64 Å². The Balaban J connectivity index is 1.41. The van der Waals surface area contributed by atoms with E-state index in [0.29, 0.717) is 25.6 Å². The van der Waals surface area contributed by atoms with E-state index in [1.165, 1.54) is 12.1 Å². The summed E-state index contributed by atoms with van der Waals surface area (Å²) in [5, 5.41) is 4.18. The van der Waals surface area contributed by atoms with Crippen LogP contribution in [0.4, 0.5) is 4.39 Å². The summed E-state index contributed by atoms with van der Waals surface area (Å²) in [5.41, 5.74) is 2.05. The summed E-state index contributed by atoms with van der Waals surface area (Å²) in [7, 11) is 1.89. The summed E-state index contributed by atoms with van der Waals surface area (Å²) in [6.07, 6.45) is 4.54. The van der Waals surface area contributed by atoms with Gasteiger partial charge in [-0.05, 0) is 35.6 Å². The van der Waals surface area contributed by atoms with E-state index in [-0.39, 0.29) is 23.7 Å². The van der Waals surface area contributed by atoms with Crippen molar-refractivity contribution >= 4 is 5.91 Å². The van der Waals surface area contributed by atoms with Crippen molar-refractivity contribution < 1.29 is 13.9 Å². The van der Waals surface area contributed by atoms with Crippen LogP contribution in [0.2, 0.25) is 0 Å². The van der Waals surface area contributed by atoms with E-state index in [2.05, 4.69) is 5.10 Å². The fourth-order valence-electron chi connectivity index (χ4n) is 3.43. The lowest BCUT2D eigenvalue weighted by molar-refractivity contribution is -0.140. The van der Waals surface area contributed by atoms with Gasteiger partial charge in [-0.3, -0.25) is 9.48 Å². The third-order valence-electron chi connectivity index (χ3n) is 4.88. The van der Waals surface area contributed by atoms with Gasteiger partial charge >= 0.3 is 0 Å². The molecule has 24 heavy (non-hydrogen) atoms. The normalized spacial score (nSPS) is 26.4. The summed E-state index contributed by atoms with van der Waals surface area (Å²) in [5.74, 6) is 0.276. The van der Waals surface area contributed by atoms with Gasteiger partial charge in [0.15, 0.2) is 0 Å². The molecule has 4 rings (SSSR count). The molecule has 126 valence electrons. The van der Waals surface area contributed by atoms with Crippen LogP contribution >= 0.6 is 0 Å². The Labute approximate surface area is 140 Å². The molecule has 3 atom stereocenters. The molecule has 0 bridgehead atoms. The van der Waals surface area contributed by atoms with Gasteiger partial charge in [-0.2, -0.15) is 5.10 Å². The lowest BCUT2D eigenvalue weighted by Gasteiger charge is -2.33. The molecule has 0 unspecified atom stereocenters. The average molecular weight is 329 g/mol. The largest absolute Gasteiger partial charge is 0.370 e. The molecule has 0 radical (unpaired) electrons. The first kappa shape index (κ1) is 15.3. The topological polar surface area (TPSA) is 47.4 Å². The number of nitrogens with zero attached hydrogens (tertiary/aromatic N) is 3. The predicted octanol–water partition coefficient (Wildman–Crippen LogP) is 2.26. The number of ether oxygens (including phenoxy) is 1. The van der Waals surface area contributed by atoms with Crippen molar-refractivity contribution in [1.82, 2.24) is 14.7 Å². The van der Waals surface area contributed by atoms with Crippen molar-refractivity contribution in [3.63, 3.8) is 0 Å². The Bertz CT molecular complexity index is 743. The van der Waals surface area contributed by atoms with Crippen LogP contribution in [-0.4, -0.2) is 40.3 Å². The van der Waals surface area contributed by atoms with Gasteiger partial charge in [-0.1, -0.05) is 12.1 Å². The SMILES string of the molecule is Cn1cc([C@@H]2C[C@@H]2C(=O)N2CCO[C@@H](c3ccc(F)cc3)C2)cn1. The van der Waals surface area contributed by atoms with E-state index in [1.54, 1.807) is 16.8 Å². The smallest absolute Gasteiger partial charge is 0.226 e. The van der Waals surface area contributed by atoms with E-state index in [4.69, 9.17) is 4.74 Å². The number of rotatable bonds is 3. The molecule has 1 aromatic carbocycles. The molecular weight excluding hydrogens is 309 g/mol. The fraction of sp³-hybridized carbons (Fsp3) is 0.444. The molecule has 0 N–H and O–H groups in total. The molecule has 6 heteroatoms. The maximum atomic E-state index is 13.1. The third kappa shape index (κ3) is 2.94. The van der Waals surface area contributed by atoms with Crippen molar-refractivity contribution in [2.45, 2.75) is 18.4 Å². The van der Waals surface area contributed by atoms with E-state index in [1.807, 2.05) is 24.3 Å². The van der Waals surface area contributed by atoms with Crippen LogP contribution in [0, 0.1) is 11.7 Å². The van der Waals surface area contributed by atoms with Crippen LogP contribution in [0.15, 0.2) is 36.7 Å². The molecular formula is C18H20FN3O2. The van der Waals surface area contributed by atoms with E-state index >= 15 is 0 Å². The molecule has 5 nitrogen and oxygen atoms in total. The second kappa shape index (κ2) is 6.02. The quantitative estimate of drug-likeness (QED) is 0.868. The molecule has 1 aliphatic heterocycles. The second-order valence-corrected chi connectivity index (χ2v) is 6.59. The Morgan fingerprint density at radius 3 is 2.79 bits per heavy atom. The minimum absolute atomic E-state index is 0.0566. The molecule has 1 amide bonds. The summed E-state index contributed by atoms with van der Waals surface area (Å²) >= 11 is 0. The highest BCUT2D eigenvalue weighted by Crippen LogP contribution is 2.48. The Hall–Kier alpha value is -2.21. The lowest BCUT2D eigenvalue weighted by Crippen LogP contribution is -2.43. The van der Waals surface area contributed by atoms with Gasteiger partial charge in [0.2, 0.25) is 5.91 Å². The van der Waals surface area contributed by atoms with E-state index in [0.717, 1.165) is 17.5 Å². The van der Waals surface area contributed by atoms with Crippen molar-refractivity contribution in [3.8, 4) is 0 Å². The van der Waals surface area contributed by atoms with Crippen LogP contribution in [0.5, 0.6) is 0 Å². The summed E-state index contributed by atoms with van der Waals surface area (Å²) < 4.78 is 20.6. The highest BCUT2D eigenvalue weighted by Gasteiger charge is 2.47. The summed E-state index contributed by atoms with van der Waals surface area (Å²) in [6.45, 7) is 1.66. The van der Waals surface area contributed by atoms with Gasteiger partial charge in [0, 0.05) is 25.7 Å². The predicted molar refractivity (Wildman–Crippen MR) is 85.7 cm³/mol. The molecule has 2 aliphatic rings. The van der Waals surface area contributed by atoms with Crippen molar-refractivity contribution in [1.29, 1.82) is 0 Å². The monoisotopic (exact) mass is 329 g/mol. The van der Waals surface area contributed by atoms with Gasteiger partial charge in [0.1, 0.15) is 11.9 Å². The summed E-state index contributed by atoms with van der Waals surface area (Å²) in [6, 6.07) is 6.31. The van der Waals surface area contributed by atoms with Gasteiger partial charge in [-0.25, -0.2) is 4.39 Å². The molecule has 2 heterocycles. The number of carbonyl (C=O) groups is 1. The molecule has 1 saturated carbocycles. The van der Waals surface area contributed by atoms with Gasteiger partial charge in [0.25, 0.3) is 0 Å².